The monoisotopic (exact) mass is 513 g/mol. The number of imidazole rings is 1. The van der Waals surface area contributed by atoms with Crippen LogP contribution in [-0.4, -0.2) is 51.6 Å². The largest absolute Gasteiger partial charge is 0.382 e. The van der Waals surface area contributed by atoms with E-state index in [0.29, 0.717) is 22.5 Å². The van der Waals surface area contributed by atoms with Crippen LogP contribution in [0.15, 0.2) is 28.2 Å². The summed E-state index contributed by atoms with van der Waals surface area (Å²) in [6.07, 6.45) is 6.80. The summed E-state index contributed by atoms with van der Waals surface area (Å²) in [4.78, 5) is 52.3. The summed E-state index contributed by atoms with van der Waals surface area (Å²) in [5.74, 6) is 0.719. The number of nitrogens with zero attached hydrogens (tertiary/aromatic N) is 5. The van der Waals surface area contributed by atoms with Crippen molar-refractivity contribution in [2.45, 2.75) is 58.1 Å². The van der Waals surface area contributed by atoms with E-state index in [1.54, 1.807) is 18.6 Å². The fraction of sp³-hybridized carbons (Fsp3) is 0.478. The van der Waals surface area contributed by atoms with E-state index in [4.69, 9.17) is 5.73 Å². The Morgan fingerprint density at radius 1 is 1.33 bits per heavy atom. The molecule has 1 aliphatic heterocycles. The van der Waals surface area contributed by atoms with Crippen LogP contribution in [0.5, 0.6) is 0 Å². The molecular formula is C23H31N9O3S. The molecule has 3 aromatic heterocycles. The second-order valence-corrected chi connectivity index (χ2v) is 11.2. The molecule has 4 heterocycles. The molecule has 13 heteroatoms. The minimum atomic E-state index is -0.622. The van der Waals surface area contributed by atoms with E-state index in [0.717, 1.165) is 0 Å². The van der Waals surface area contributed by atoms with Crippen molar-refractivity contribution in [3.8, 4) is 0 Å². The number of carbonyl (C=O) groups is 1. The van der Waals surface area contributed by atoms with Gasteiger partial charge in [0.05, 0.1) is 29.3 Å². The molecule has 3 aromatic rings. The third kappa shape index (κ3) is 5.36. The molecule has 1 fully saturated rings. The zero-order valence-corrected chi connectivity index (χ0v) is 21.7. The van der Waals surface area contributed by atoms with Crippen molar-refractivity contribution in [3.63, 3.8) is 0 Å². The molecule has 2 atom stereocenters. The van der Waals surface area contributed by atoms with Crippen LogP contribution >= 0.6 is 11.8 Å². The lowest BCUT2D eigenvalue weighted by atomic mass is 10.2. The molecule has 0 aromatic carbocycles. The maximum atomic E-state index is 13.0. The Morgan fingerprint density at radius 3 is 2.78 bits per heavy atom. The smallest absolute Gasteiger partial charge is 0.328 e. The Bertz CT molecular complexity index is 1440. The Morgan fingerprint density at radius 2 is 2.08 bits per heavy atom. The quantitative estimate of drug-likeness (QED) is 0.367. The Hall–Kier alpha value is -3.45. The van der Waals surface area contributed by atoms with Crippen molar-refractivity contribution in [1.29, 1.82) is 0 Å². The molecular weight excluding hydrogens is 482 g/mol. The molecule has 0 saturated carbocycles. The normalized spacial score (nSPS) is 20.2. The van der Waals surface area contributed by atoms with Crippen LogP contribution in [0.2, 0.25) is 0 Å². The third-order valence-electron chi connectivity index (χ3n) is 5.78. The molecule has 0 spiro atoms. The summed E-state index contributed by atoms with van der Waals surface area (Å²) in [6, 6.07) is -0.437. The number of amides is 1. The van der Waals surface area contributed by atoms with Gasteiger partial charge in [-0.15, -0.1) is 11.8 Å². The van der Waals surface area contributed by atoms with Crippen molar-refractivity contribution in [3.05, 3.63) is 45.0 Å². The van der Waals surface area contributed by atoms with Gasteiger partial charge in [0.1, 0.15) is 5.52 Å². The minimum Gasteiger partial charge on any atom is -0.382 e. The number of nitrogen functional groups attached to an aromatic ring is 1. The van der Waals surface area contributed by atoms with E-state index in [1.807, 2.05) is 45.3 Å². The van der Waals surface area contributed by atoms with Crippen LogP contribution in [0.25, 0.3) is 17.2 Å². The minimum absolute atomic E-state index is 0.103. The van der Waals surface area contributed by atoms with Gasteiger partial charge in [0, 0.05) is 18.0 Å². The number of aromatic nitrogens is 6. The first-order valence-electron chi connectivity index (χ1n) is 11.7. The number of anilines is 2. The molecule has 2 unspecified atom stereocenters. The van der Waals surface area contributed by atoms with Crippen molar-refractivity contribution in [2.24, 2.45) is 5.92 Å². The van der Waals surface area contributed by atoms with E-state index >= 15 is 0 Å². The number of carbonyl (C=O) groups excluding carboxylic acids is 1. The van der Waals surface area contributed by atoms with E-state index in [-0.39, 0.29) is 36.2 Å². The average molecular weight is 514 g/mol. The Labute approximate surface area is 211 Å². The van der Waals surface area contributed by atoms with Crippen LogP contribution < -0.4 is 27.6 Å². The Kier molecular flexibility index (Phi) is 7.05. The summed E-state index contributed by atoms with van der Waals surface area (Å²) in [6.45, 7) is 10.2. The highest BCUT2D eigenvalue weighted by Crippen LogP contribution is 2.32. The zero-order valence-electron chi connectivity index (χ0n) is 20.9. The topological polar surface area (TPSA) is 166 Å². The maximum absolute atomic E-state index is 13.0. The number of H-pyrrole nitrogens is 1. The first-order chi connectivity index (χ1) is 17.0. The van der Waals surface area contributed by atoms with E-state index in [9.17, 15) is 14.4 Å². The van der Waals surface area contributed by atoms with Gasteiger partial charge in [-0.1, -0.05) is 26.0 Å². The highest BCUT2D eigenvalue weighted by atomic mass is 32.2. The number of thioether (sulfide) groups is 1. The summed E-state index contributed by atoms with van der Waals surface area (Å²) in [5, 5.41) is 6.05. The summed E-state index contributed by atoms with van der Waals surface area (Å²) < 4.78 is 3.31. The molecule has 0 radical (unpaired) electrons. The Balaban J connectivity index is 1.49. The number of rotatable bonds is 7. The molecule has 192 valence electrons. The summed E-state index contributed by atoms with van der Waals surface area (Å²) in [5.41, 5.74) is 6.54. The average Bonchev–Trinajstić information content (AvgIpc) is 3.39. The standard InChI is InChI=1S/C23H31N9O3S/c1-12(2)6-7-14-8-31(22(35)29-19(14)33)10-23(5)30-15(9-36-23)20(34)28-21-26-17(24)16-18(27-21)32(11-25-16)13(3)4/h6-8,11-13,15,30H,9-10H2,1-5H3,(H,29,33,35)(H3,24,26,27,28,34)/b7-6+. The molecule has 12 nitrogen and oxygen atoms in total. The van der Waals surface area contributed by atoms with Crippen molar-refractivity contribution >= 4 is 46.7 Å². The van der Waals surface area contributed by atoms with Crippen LogP contribution in [-0.2, 0) is 11.3 Å². The molecule has 5 N–H and O–H groups in total. The highest BCUT2D eigenvalue weighted by Gasteiger charge is 2.39. The molecule has 1 aliphatic rings. The molecule has 1 saturated heterocycles. The molecule has 0 aliphatic carbocycles. The fourth-order valence-electron chi connectivity index (χ4n) is 3.90. The second-order valence-electron chi connectivity index (χ2n) is 9.65. The van der Waals surface area contributed by atoms with Gasteiger partial charge in [-0.3, -0.25) is 29.8 Å². The van der Waals surface area contributed by atoms with Gasteiger partial charge < -0.3 is 10.3 Å². The van der Waals surface area contributed by atoms with E-state index in [1.165, 1.54) is 16.3 Å². The summed E-state index contributed by atoms with van der Waals surface area (Å²) in [7, 11) is 0. The van der Waals surface area contributed by atoms with Crippen LogP contribution in [0.3, 0.4) is 0 Å². The first kappa shape index (κ1) is 25.6. The number of nitrogens with two attached hydrogens (primary N) is 1. The predicted octanol–water partition coefficient (Wildman–Crippen LogP) is 1.57. The van der Waals surface area contributed by atoms with Gasteiger partial charge >= 0.3 is 5.69 Å². The number of allylic oxidation sites excluding steroid dienone is 1. The van der Waals surface area contributed by atoms with Crippen LogP contribution in [0, 0.1) is 5.92 Å². The fourth-order valence-corrected chi connectivity index (χ4v) is 5.13. The van der Waals surface area contributed by atoms with E-state index < -0.39 is 22.2 Å². The molecule has 1 amide bonds. The van der Waals surface area contributed by atoms with Gasteiger partial charge in [0.2, 0.25) is 11.9 Å². The van der Waals surface area contributed by atoms with Crippen LogP contribution in [0.1, 0.15) is 46.2 Å². The third-order valence-corrected chi connectivity index (χ3v) is 7.16. The first-order valence-corrected chi connectivity index (χ1v) is 12.7. The zero-order chi connectivity index (χ0) is 26.2. The molecule has 4 rings (SSSR count). The van der Waals surface area contributed by atoms with Crippen molar-refractivity contribution in [1.82, 2.24) is 34.4 Å². The second kappa shape index (κ2) is 9.90. The van der Waals surface area contributed by atoms with Crippen molar-refractivity contribution in [2.75, 3.05) is 16.8 Å². The SMILES string of the molecule is CC(C)/C=C/c1cn(CC2(C)NC(C(=O)Nc3nc(N)c4ncn(C(C)C)c4n3)CS2)c(=O)[nH]c1=O. The van der Waals surface area contributed by atoms with E-state index in [2.05, 4.69) is 30.6 Å². The number of hydrogen-bond acceptors (Lipinski definition) is 9. The summed E-state index contributed by atoms with van der Waals surface area (Å²) >= 11 is 1.52. The highest BCUT2D eigenvalue weighted by molar-refractivity contribution is 8.00. The lowest BCUT2D eigenvalue weighted by molar-refractivity contribution is -0.117. The van der Waals surface area contributed by atoms with Crippen LogP contribution in [0.4, 0.5) is 11.8 Å². The number of aromatic amines is 1. The van der Waals surface area contributed by atoms with Crippen molar-refractivity contribution < 1.29 is 4.79 Å². The number of fused-ring (bicyclic) bond motifs is 1. The molecule has 0 bridgehead atoms. The number of hydrogen-bond donors (Lipinski definition) is 4. The van der Waals surface area contributed by atoms with Gasteiger partial charge in [0.25, 0.3) is 5.56 Å². The predicted molar refractivity (Wildman–Crippen MR) is 142 cm³/mol. The molecule has 36 heavy (non-hydrogen) atoms. The van der Waals surface area contributed by atoms with Gasteiger partial charge in [-0.25, -0.2) is 9.78 Å². The van der Waals surface area contributed by atoms with Gasteiger partial charge in [-0.2, -0.15) is 9.97 Å². The number of nitrogens with one attached hydrogen (secondary N) is 3. The lowest BCUT2D eigenvalue weighted by Gasteiger charge is -2.25. The van der Waals surface area contributed by atoms with Gasteiger partial charge in [-0.05, 0) is 26.7 Å². The maximum Gasteiger partial charge on any atom is 0.328 e. The van der Waals surface area contributed by atoms with Gasteiger partial charge in [0.15, 0.2) is 11.5 Å². The lowest BCUT2D eigenvalue weighted by Crippen LogP contribution is -2.49.